The van der Waals surface area contributed by atoms with Gasteiger partial charge in [0, 0.05) is 66.4 Å². The lowest BCUT2D eigenvalue weighted by Gasteiger charge is -2.45. The highest BCUT2D eigenvalue weighted by atomic mass is 32.2. The van der Waals surface area contributed by atoms with Gasteiger partial charge in [-0.25, -0.2) is 0 Å². The fourth-order valence-corrected chi connectivity index (χ4v) is 17.0. The lowest BCUT2D eigenvalue weighted by molar-refractivity contribution is 0.668. The molecule has 20 rings (SSSR count). The van der Waals surface area contributed by atoms with E-state index in [0.29, 0.717) is 0 Å². The molecule has 0 saturated heterocycles. The maximum atomic E-state index is 7.00. The first-order valence-electron chi connectivity index (χ1n) is 30.3. The Bertz CT molecular complexity index is 5590. The third-order valence-electron chi connectivity index (χ3n) is 19.2. The summed E-state index contributed by atoms with van der Waals surface area (Å²) in [6, 6.07) is 105. The Morgan fingerprint density at radius 2 is 0.705 bits per heavy atom. The molecule has 14 aromatic carbocycles. The quantitative estimate of drug-likeness (QED) is 0.126. The van der Waals surface area contributed by atoms with Gasteiger partial charge in [-0.05, 0) is 144 Å². The zero-order valence-corrected chi connectivity index (χ0v) is 48.2. The molecule has 2 aromatic heterocycles. The molecule has 5 nitrogen and oxygen atoms in total. The van der Waals surface area contributed by atoms with Crippen LogP contribution in [0.3, 0.4) is 0 Å². The first-order valence-corrected chi connectivity index (χ1v) is 31.1. The molecule has 4 aliphatic rings. The molecular weight excluding hydrogens is 1090 g/mol. The number of para-hydroxylation sites is 6. The highest BCUT2D eigenvalue weighted by Gasteiger charge is 2.48. The van der Waals surface area contributed by atoms with E-state index in [1.165, 1.54) is 97.7 Å². The van der Waals surface area contributed by atoms with E-state index >= 15 is 0 Å². The zero-order chi connectivity index (χ0) is 57.3. The van der Waals surface area contributed by atoms with Crippen molar-refractivity contribution in [2.24, 2.45) is 0 Å². The van der Waals surface area contributed by atoms with Gasteiger partial charge in [-0.1, -0.05) is 223 Å². The molecule has 0 bridgehead atoms. The van der Waals surface area contributed by atoms with Gasteiger partial charge in [-0.2, -0.15) is 0 Å². The van der Waals surface area contributed by atoms with Crippen LogP contribution >= 0.6 is 11.8 Å². The lowest BCUT2D eigenvalue weighted by Crippen LogP contribution is -2.64. The normalized spacial score (nSPS) is 13.5. The van der Waals surface area contributed by atoms with Crippen molar-refractivity contribution < 1.29 is 8.83 Å². The number of rotatable bonds is 5. The van der Waals surface area contributed by atoms with Crippen molar-refractivity contribution >= 4 is 175 Å². The Morgan fingerprint density at radius 3 is 1.27 bits per heavy atom. The first kappa shape index (κ1) is 48.3. The predicted octanol–water partition coefficient (Wildman–Crippen LogP) is 18.0. The zero-order valence-electron chi connectivity index (χ0n) is 47.4. The minimum atomic E-state index is -0.122. The molecule has 8 heteroatoms. The average molecular weight is 1140 g/mol. The van der Waals surface area contributed by atoms with Gasteiger partial charge in [0.25, 0.3) is 6.71 Å². The van der Waals surface area contributed by atoms with Crippen molar-refractivity contribution in [2.45, 2.75) is 9.79 Å². The van der Waals surface area contributed by atoms with Gasteiger partial charge in [-0.3, -0.25) is 0 Å². The molecule has 0 atom stereocenters. The SMILES string of the molecule is c1ccc(-c2c3ccccc3c(-c3ccc(N4c5ccccc5B5c6cc7c(cc6Sc6cc8oc9ccccc9c8c4c65)N(c4ccccc4)c4cc5oc6ccccc6c5c5c4B7c4ccccc4N5c4ccccc4)cc3)c3ccccc23)cc1. The van der Waals surface area contributed by atoms with Gasteiger partial charge >= 0.3 is 0 Å². The van der Waals surface area contributed by atoms with Crippen molar-refractivity contribution in [1.82, 2.24) is 0 Å². The molecule has 0 radical (unpaired) electrons. The Morgan fingerprint density at radius 1 is 0.273 bits per heavy atom. The molecule has 16 aromatic rings. The van der Waals surface area contributed by atoms with Crippen LogP contribution in [0, 0.1) is 0 Å². The number of benzene rings is 14. The Hall–Kier alpha value is -10.9. The molecule has 0 unspecified atom stereocenters. The first-order chi connectivity index (χ1) is 43.7. The maximum absolute atomic E-state index is 7.00. The standard InChI is InChI=1S/C80H47B2N3O2S/c1-4-22-48(23-5-1)73-53-28-10-12-30-55(53)74(56-31-13-11-29-54(56)73)49-40-42-52(43-41-49)85-64-37-19-17-35-60(64)82-62-44-61-65(46-71(62)88-72-47-70-76(80(85)78(72)82)58-33-15-21-39-68(58)87-70)83(50-24-6-2-7-25-50)66-45-69-75(57-32-14-20-38-67(57)86-69)79-77(66)81(61)59-34-16-18-36-63(59)84(79)51-26-8-3-9-27-51/h1-47H. The van der Waals surface area contributed by atoms with E-state index in [1.807, 2.05) is 11.8 Å². The third-order valence-corrected chi connectivity index (χ3v) is 20.4. The van der Waals surface area contributed by atoms with Crippen molar-refractivity contribution in [1.29, 1.82) is 0 Å². The molecule has 0 fully saturated rings. The minimum absolute atomic E-state index is 0.108. The Kier molecular flexibility index (Phi) is 10.1. The Labute approximate surface area is 512 Å². The van der Waals surface area contributed by atoms with Gasteiger partial charge < -0.3 is 23.5 Å². The molecule has 0 amide bonds. The van der Waals surface area contributed by atoms with E-state index in [0.717, 1.165) is 83.7 Å². The van der Waals surface area contributed by atoms with Gasteiger partial charge in [-0.15, -0.1) is 0 Å². The second-order valence-corrected chi connectivity index (χ2v) is 24.8. The van der Waals surface area contributed by atoms with Crippen molar-refractivity contribution in [3.63, 3.8) is 0 Å². The van der Waals surface area contributed by atoms with Crippen LogP contribution in [0.5, 0.6) is 0 Å². The number of hydrogen-bond donors (Lipinski definition) is 0. The smallest absolute Gasteiger partial charge is 0.252 e. The van der Waals surface area contributed by atoms with Crippen LogP contribution in [0.2, 0.25) is 0 Å². The monoisotopic (exact) mass is 1140 g/mol. The van der Waals surface area contributed by atoms with Gasteiger partial charge in [0.05, 0.1) is 22.1 Å². The third kappa shape index (κ3) is 6.64. The largest absolute Gasteiger partial charge is 0.456 e. The summed E-state index contributed by atoms with van der Waals surface area (Å²) in [5.41, 5.74) is 26.3. The van der Waals surface area contributed by atoms with E-state index in [4.69, 9.17) is 8.83 Å². The predicted molar refractivity (Wildman–Crippen MR) is 371 cm³/mol. The molecule has 0 saturated carbocycles. The number of furan rings is 2. The highest BCUT2D eigenvalue weighted by Crippen LogP contribution is 2.53. The van der Waals surface area contributed by atoms with E-state index < -0.39 is 0 Å². The summed E-state index contributed by atoms with van der Waals surface area (Å²) in [5.74, 6) is 0. The molecule has 4 aliphatic heterocycles. The summed E-state index contributed by atoms with van der Waals surface area (Å²) in [6.45, 7) is -0.230. The number of anilines is 9. The average Bonchev–Trinajstić information content (AvgIpc) is 1.09. The summed E-state index contributed by atoms with van der Waals surface area (Å²) >= 11 is 1.87. The van der Waals surface area contributed by atoms with Crippen LogP contribution in [-0.4, -0.2) is 13.4 Å². The van der Waals surface area contributed by atoms with Gasteiger partial charge in [0.15, 0.2) is 0 Å². The van der Waals surface area contributed by atoms with Crippen LogP contribution in [-0.2, 0) is 0 Å². The summed E-state index contributed by atoms with van der Waals surface area (Å²) in [5, 5.41) is 9.42. The van der Waals surface area contributed by atoms with E-state index in [1.54, 1.807) is 0 Å². The second-order valence-electron chi connectivity index (χ2n) is 23.7. The van der Waals surface area contributed by atoms with Crippen molar-refractivity contribution in [3.05, 3.63) is 285 Å². The van der Waals surface area contributed by atoms with Crippen molar-refractivity contribution in [3.8, 4) is 22.3 Å². The molecule has 406 valence electrons. The van der Waals surface area contributed by atoms with Crippen LogP contribution in [0.25, 0.3) is 87.7 Å². The second kappa shape index (κ2) is 18.3. The molecule has 88 heavy (non-hydrogen) atoms. The van der Waals surface area contributed by atoms with Gasteiger partial charge in [0.1, 0.15) is 22.3 Å². The fraction of sp³-hybridized carbons (Fsp3) is 0. The van der Waals surface area contributed by atoms with Gasteiger partial charge in [0.2, 0.25) is 6.71 Å². The molecule has 0 aliphatic carbocycles. The summed E-state index contributed by atoms with van der Waals surface area (Å²) < 4.78 is 14.0. The van der Waals surface area contributed by atoms with E-state index in [9.17, 15) is 0 Å². The van der Waals surface area contributed by atoms with E-state index in [2.05, 4.69) is 300 Å². The molecule has 0 N–H and O–H groups in total. The van der Waals surface area contributed by atoms with Crippen LogP contribution < -0.4 is 47.5 Å². The summed E-state index contributed by atoms with van der Waals surface area (Å²) in [4.78, 5) is 9.99. The highest BCUT2D eigenvalue weighted by molar-refractivity contribution is 8.00. The maximum Gasteiger partial charge on any atom is 0.252 e. The number of nitrogens with zero attached hydrogens (tertiary/aromatic N) is 3. The van der Waals surface area contributed by atoms with E-state index in [-0.39, 0.29) is 13.4 Å². The Balaban J connectivity index is 0.830. The van der Waals surface area contributed by atoms with Crippen LogP contribution in [0.15, 0.2) is 304 Å². The number of fused-ring (bicyclic) bond motifs is 18. The lowest BCUT2D eigenvalue weighted by atomic mass is 9.31. The van der Waals surface area contributed by atoms with Crippen LogP contribution in [0.4, 0.5) is 51.2 Å². The fourth-order valence-electron chi connectivity index (χ4n) is 15.8. The molecule has 0 spiro atoms. The topological polar surface area (TPSA) is 36.0 Å². The summed E-state index contributed by atoms with van der Waals surface area (Å²) in [6.07, 6.45) is 0. The van der Waals surface area contributed by atoms with Crippen LogP contribution in [0.1, 0.15) is 0 Å². The molecular formula is C80H47B2N3O2S. The minimum Gasteiger partial charge on any atom is -0.456 e. The van der Waals surface area contributed by atoms with Crippen molar-refractivity contribution in [2.75, 3.05) is 14.7 Å². The summed E-state index contributed by atoms with van der Waals surface area (Å²) in [7, 11) is 0. The number of hydrogen-bond acceptors (Lipinski definition) is 6. The molecule has 6 heterocycles.